The van der Waals surface area contributed by atoms with Crippen LogP contribution in [0.4, 0.5) is 13.2 Å². The van der Waals surface area contributed by atoms with Crippen molar-refractivity contribution in [2.75, 3.05) is 39.8 Å². The molecular weight excluding hydrogens is 460 g/mol. The van der Waals surface area contributed by atoms with Crippen LogP contribution < -0.4 is 15.4 Å². The molecule has 150 valence electrons. The van der Waals surface area contributed by atoms with Gasteiger partial charge >= 0.3 is 6.18 Å². The van der Waals surface area contributed by atoms with Crippen LogP contribution in [-0.2, 0) is 6.54 Å². The average Bonchev–Trinajstić information content (AvgIpc) is 2.58. The first-order chi connectivity index (χ1) is 11.8. The van der Waals surface area contributed by atoms with E-state index in [9.17, 15) is 13.2 Å². The number of likely N-dealkylation sites (N-methyl/N-ethyl adjacent to an activating group) is 1. The predicted octanol–water partition coefficient (Wildman–Crippen LogP) is 3.25. The van der Waals surface area contributed by atoms with Gasteiger partial charge in [-0.1, -0.05) is 19.1 Å². The highest BCUT2D eigenvalue weighted by molar-refractivity contribution is 14.0. The second-order valence-corrected chi connectivity index (χ2v) is 5.57. The molecule has 1 rings (SSSR count). The van der Waals surface area contributed by atoms with E-state index in [-0.39, 0.29) is 29.7 Å². The Morgan fingerprint density at radius 2 is 1.81 bits per heavy atom. The highest BCUT2D eigenvalue weighted by atomic mass is 127. The maximum atomic E-state index is 12.1. The van der Waals surface area contributed by atoms with Crippen LogP contribution in [-0.4, -0.2) is 56.9 Å². The number of nitrogens with one attached hydrogen (secondary N) is 2. The second-order valence-electron chi connectivity index (χ2n) is 5.57. The zero-order valence-electron chi connectivity index (χ0n) is 15.4. The fourth-order valence-electron chi connectivity index (χ4n) is 1.89. The van der Waals surface area contributed by atoms with Gasteiger partial charge in [0.1, 0.15) is 5.75 Å². The summed E-state index contributed by atoms with van der Waals surface area (Å²) in [5.74, 6) is 0.905. The largest absolute Gasteiger partial charge is 0.484 e. The molecule has 0 aliphatic rings. The molecule has 0 atom stereocenters. The van der Waals surface area contributed by atoms with Crippen LogP contribution in [0.15, 0.2) is 29.3 Å². The molecule has 9 heteroatoms. The fraction of sp³-hybridized carbons (Fsp3) is 0.588. The summed E-state index contributed by atoms with van der Waals surface area (Å²) in [4.78, 5) is 6.67. The van der Waals surface area contributed by atoms with Gasteiger partial charge in [0.15, 0.2) is 12.6 Å². The van der Waals surface area contributed by atoms with Crippen molar-refractivity contribution in [3.8, 4) is 5.75 Å². The lowest BCUT2D eigenvalue weighted by Crippen LogP contribution is -2.40. The molecule has 0 fully saturated rings. The van der Waals surface area contributed by atoms with Crippen LogP contribution >= 0.6 is 24.0 Å². The zero-order valence-corrected chi connectivity index (χ0v) is 17.7. The minimum atomic E-state index is -4.33. The lowest BCUT2D eigenvalue weighted by molar-refractivity contribution is -0.153. The molecule has 2 N–H and O–H groups in total. The Morgan fingerprint density at radius 1 is 1.15 bits per heavy atom. The molecule has 0 aliphatic heterocycles. The van der Waals surface area contributed by atoms with Crippen LogP contribution in [0.1, 0.15) is 19.4 Å². The van der Waals surface area contributed by atoms with Gasteiger partial charge in [0.05, 0.1) is 6.54 Å². The van der Waals surface area contributed by atoms with E-state index >= 15 is 0 Å². The normalized spacial score (nSPS) is 11.9. The third-order valence-electron chi connectivity index (χ3n) is 3.42. The minimum absolute atomic E-state index is 0. The maximum absolute atomic E-state index is 12.1. The van der Waals surface area contributed by atoms with Crippen LogP contribution in [0.25, 0.3) is 0 Å². The minimum Gasteiger partial charge on any atom is -0.484 e. The number of hydrogen-bond acceptors (Lipinski definition) is 3. The summed E-state index contributed by atoms with van der Waals surface area (Å²) in [6.07, 6.45) is -4.33. The first kappa shape index (κ1) is 24.8. The van der Waals surface area contributed by atoms with Gasteiger partial charge in [-0.3, -0.25) is 0 Å². The molecule has 0 amide bonds. The van der Waals surface area contributed by atoms with E-state index in [1.807, 2.05) is 14.0 Å². The summed E-state index contributed by atoms with van der Waals surface area (Å²) in [5, 5.41) is 6.42. The summed E-state index contributed by atoms with van der Waals surface area (Å²) < 4.78 is 41.0. The molecular formula is C17H28F3IN4O. The van der Waals surface area contributed by atoms with Crippen molar-refractivity contribution in [2.45, 2.75) is 26.6 Å². The van der Waals surface area contributed by atoms with E-state index in [1.54, 1.807) is 12.1 Å². The summed E-state index contributed by atoms with van der Waals surface area (Å²) in [6.45, 7) is 6.65. The Morgan fingerprint density at radius 3 is 2.35 bits per heavy atom. The lowest BCUT2D eigenvalue weighted by Gasteiger charge is -2.16. The number of nitrogens with zero attached hydrogens (tertiary/aromatic N) is 2. The van der Waals surface area contributed by atoms with E-state index < -0.39 is 12.8 Å². The smallest absolute Gasteiger partial charge is 0.422 e. The quantitative estimate of drug-likeness (QED) is 0.319. The van der Waals surface area contributed by atoms with Crippen LogP contribution in [0, 0.1) is 0 Å². The number of rotatable bonds is 9. The Labute approximate surface area is 170 Å². The molecule has 1 aromatic rings. The lowest BCUT2D eigenvalue weighted by atomic mass is 10.2. The Kier molecular flexibility index (Phi) is 12.4. The van der Waals surface area contributed by atoms with Gasteiger partial charge in [-0.2, -0.15) is 13.2 Å². The first-order valence-electron chi connectivity index (χ1n) is 8.33. The van der Waals surface area contributed by atoms with E-state index in [2.05, 4.69) is 32.2 Å². The van der Waals surface area contributed by atoms with Gasteiger partial charge in [0.2, 0.25) is 0 Å². The number of halogens is 4. The number of aliphatic imine (C=N–C) groups is 1. The topological polar surface area (TPSA) is 48.9 Å². The van der Waals surface area contributed by atoms with Crippen LogP contribution in [0.2, 0.25) is 0 Å². The van der Waals surface area contributed by atoms with Crippen LogP contribution in [0.5, 0.6) is 5.75 Å². The maximum Gasteiger partial charge on any atom is 0.422 e. The van der Waals surface area contributed by atoms with Gasteiger partial charge in [0, 0.05) is 19.6 Å². The van der Waals surface area contributed by atoms with Gasteiger partial charge in [-0.05, 0) is 38.2 Å². The fourth-order valence-corrected chi connectivity index (χ4v) is 1.89. The summed E-state index contributed by atoms with van der Waals surface area (Å²) in [5.41, 5.74) is 0.891. The molecule has 0 unspecified atom stereocenters. The van der Waals surface area contributed by atoms with Crippen molar-refractivity contribution in [1.29, 1.82) is 0 Å². The average molecular weight is 488 g/mol. The molecule has 0 aromatic heterocycles. The molecule has 26 heavy (non-hydrogen) atoms. The number of hydrogen-bond donors (Lipinski definition) is 2. The van der Waals surface area contributed by atoms with Crippen molar-refractivity contribution in [2.24, 2.45) is 4.99 Å². The molecule has 0 heterocycles. The first-order valence-corrected chi connectivity index (χ1v) is 8.33. The molecule has 0 bridgehead atoms. The molecule has 0 radical (unpaired) electrons. The Balaban J connectivity index is 0.00000625. The molecule has 0 saturated carbocycles. The van der Waals surface area contributed by atoms with Gasteiger partial charge in [0.25, 0.3) is 0 Å². The van der Waals surface area contributed by atoms with E-state index in [0.717, 1.165) is 31.7 Å². The number of guanidine groups is 1. The Bertz CT molecular complexity index is 524. The van der Waals surface area contributed by atoms with E-state index in [0.29, 0.717) is 12.5 Å². The summed E-state index contributed by atoms with van der Waals surface area (Å²) in [7, 11) is 2.05. The number of alkyl halides is 3. The van der Waals surface area contributed by atoms with Crippen molar-refractivity contribution in [3.63, 3.8) is 0 Å². The van der Waals surface area contributed by atoms with Crippen molar-refractivity contribution >= 4 is 29.9 Å². The molecule has 0 saturated heterocycles. The molecule has 1 aromatic carbocycles. The standard InChI is InChI=1S/C17H27F3N4O.HI/c1-4-21-16(22-10-11-24(3)5-2)23-12-14-6-8-15(9-7-14)25-13-17(18,19)20;/h6-9H,4-5,10-13H2,1-3H3,(H2,21,22,23);1H. The number of ether oxygens (including phenoxy) is 1. The zero-order chi connectivity index (χ0) is 18.7. The van der Waals surface area contributed by atoms with Crippen molar-refractivity contribution < 1.29 is 17.9 Å². The molecule has 5 nitrogen and oxygen atoms in total. The SMILES string of the molecule is CCNC(=NCc1ccc(OCC(F)(F)F)cc1)NCCN(C)CC.I. The van der Waals surface area contributed by atoms with Crippen molar-refractivity contribution in [3.05, 3.63) is 29.8 Å². The van der Waals surface area contributed by atoms with E-state index in [1.165, 1.54) is 12.1 Å². The summed E-state index contributed by atoms with van der Waals surface area (Å²) >= 11 is 0. The highest BCUT2D eigenvalue weighted by Gasteiger charge is 2.28. The summed E-state index contributed by atoms with van der Waals surface area (Å²) in [6, 6.07) is 6.47. The third-order valence-corrected chi connectivity index (χ3v) is 3.42. The third kappa shape index (κ3) is 11.4. The van der Waals surface area contributed by atoms with Crippen molar-refractivity contribution in [1.82, 2.24) is 15.5 Å². The van der Waals surface area contributed by atoms with Gasteiger partial charge < -0.3 is 20.3 Å². The van der Waals surface area contributed by atoms with Gasteiger partial charge in [-0.25, -0.2) is 4.99 Å². The van der Waals surface area contributed by atoms with Crippen LogP contribution in [0.3, 0.4) is 0 Å². The number of benzene rings is 1. The molecule has 0 spiro atoms. The monoisotopic (exact) mass is 488 g/mol. The Hall–Kier alpha value is -1.23. The highest BCUT2D eigenvalue weighted by Crippen LogP contribution is 2.19. The van der Waals surface area contributed by atoms with E-state index in [4.69, 9.17) is 0 Å². The second kappa shape index (κ2) is 13.0. The van der Waals surface area contributed by atoms with Gasteiger partial charge in [-0.15, -0.1) is 24.0 Å². The predicted molar refractivity (Wildman–Crippen MR) is 109 cm³/mol. The molecule has 0 aliphatic carbocycles.